The second-order valence-electron chi connectivity index (χ2n) is 9.01. The number of anilines is 1. The predicted octanol–water partition coefficient (Wildman–Crippen LogP) is 4.73. The van der Waals surface area contributed by atoms with Crippen LogP contribution >= 0.6 is 0 Å². The van der Waals surface area contributed by atoms with Crippen LogP contribution in [0.25, 0.3) is 11.1 Å². The van der Waals surface area contributed by atoms with Gasteiger partial charge in [0.15, 0.2) is 0 Å². The molecule has 0 unspecified atom stereocenters. The van der Waals surface area contributed by atoms with E-state index >= 15 is 0 Å². The van der Waals surface area contributed by atoms with Gasteiger partial charge in [-0.05, 0) is 71.8 Å². The Labute approximate surface area is 201 Å². The first-order valence-electron chi connectivity index (χ1n) is 11.2. The lowest BCUT2D eigenvalue weighted by Gasteiger charge is -2.18. The first-order chi connectivity index (χ1) is 16.1. The molecule has 1 fully saturated rings. The van der Waals surface area contributed by atoms with Crippen molar-refractivity contribution in [2.45, 2.75) is 31.7 Å². The minimum absolute atomic E-state index is 0.00614. The molecule has 3 aromatic rings. The highest BCUT2D eigenvalue weighted by molar-refractivity contribution is 7.88. The Morgan fingerprint density at radius 1 is 1.03 bits per heavy atom. The maximum atomic E-state index is 13.2. The van der Waals surface area contributed by atoms with Crippen LogP contribution in [-0.4, -0.2) is 39.0 Å². The third kappa shape index (κ3) is 5.00. The molecule has 4 rings (SSSR count). The highest BCUT2D eigenvalue weighted by Gasteiger charge is 2.51. The van der Waals surface area contributed by atoms with Crippen molar-refractivity contribution in [1.29, 1.82) is 0 Å². The molecule has 1 saturated carbocycles. The monoisotopic (exact) mass is 478 g/mol. The second kappa shape index (κ2) is 9.24. The van der Waals surface area contributed by atoms with E-state index in [0.29, 0.717) is 6.54 Å². The molecule has 0 spiro atoms. The summed E-state index contributed by atoms with van der Waals surface area (Å²) in [5, 5.41) is 3.12. The van der Waals surface area contributed by atoms with Crippen LogP contribution in [0.5, 0.6) is 5.75 Å². The molecule has 1 aliphatic rings. The normalized spacial score (nSPS) is 14.6. The van der Waals surface area contributed by atoms with E-state index in [9.17, 15) is 13.2 Å². The summed E-state index contributed by atoms with van der Waals surface area (Å²) in [7, 11) is -0.0333. The topological polar surface area (TPSA) is 75.7 Å². The molecule has 178 valence electrons. The number of aryl methyl sites for hydroxylation is 1. The molecule has 6 nitrogen and oxygen atoms in total. The third-order valence-corrected chi connectivity index (χ3v) is 7.82. The number of hydrogen-bond donors (Lipinski definition) is 1. The van der Waals surface area contributed by atoms with Crippen LogP contribution in [0.2, 0.25) is 0 Å². The zero-order valence-electron chi connectivity index (χ0n) is 20.0. The number of amides is 1. The minimum Gasteiger partial charge on any atom is -0.497 e. The zero-order valence-corrected chi connectivity index (χ0v) is 20.8. The molecule has 34 heavy (non-hydrogen) atoms. The third-order valence-electron chi connectivity index (χ3n) is 6.56. The van der Waals surface area contributed by atoms with E-state index in [1.165, 1.54) is 10.6 Å². The van der Waals surface area contributed by atoms with Crippen molar-refractivity contribution in [3.05, 3.63) is 83.4 Å². The van der Waals surface area contributed by atoms with Crippen LogP contribution in [0.15, 0.2) is 66.7 Å². The van der Waals surface area contributed by atoms with Gasteiger partial charge in [-0.2, -0.15) is 0 Å². The quantitative estimate of drug-likeness (QED) is 0.508. The summed E-state index contributed by atoms with van der Waals surface area (Å²) < 4.78 is 29.9. The van der Waals surface area contributed by atoms with E-state index in [0.717, 1.165) is 52.1 Å². The average molecular weight is 479 g/mol. The number of hydrogen-bond acceptors (Lipinski definition) is 4. The summed E-state index contributed by atoms with van der Waals surface area (Å²) in [6.45, 7) is 2.35. The summed E-state index contributed by atoms with van der Waals surface area (Å²) in [6.07, 6.45) is 2.85. The molecule has 1 amide bonds. The molecule has 7 heteroatoms. The number of methoxy groups -OCH3 is 1. The van der Waals surface area contributed by atoms with Crippen molar-refractivity contribution >= 4 is 21.6 Å². The van der Waals surface area contributed by atoms with Crippen LogP contribution in [0.1, 0.15) is 29.5 Å². The molecule has 0 aliphatic heterocycles. The molecule has 0 heterocycles. The molecule has 0 radical (unpaired) electrons. The molecule has 0 atom stereocenters. The molecule has 1 aliphatic carbocycles. The largest absolute Gasteiger partial charge is 0.497 e. The average Bonchev–Trinajstić information content (AvgIpc) is 3.62. The standard InChI is InChI=1S/C27H30N2O4S/c1-19-5-12-23(28-26(30)27(15-16-27)22-10-13-24(33-3)14-11-22)17-25(19)21-8-6-20(7-9-21)18-29(2)34(4,31)32/h5-14,17H,15-16,18H2,1-4H3,(H,28,30). The van der Waals surface area contributed by atoms with Crippen LogP contribution in [0.4, 0.5) is 5.69 Å². The fraction of sp³-hybridized carbons (Fsp3) is 0.296. The zero-order chi connectivity index (χ0) is 24.5. The molecule has 1 N–H and O–H groups in total. The fourth-order valence-corrected chi connectivity index (χ4v) is 4.49. The highest BCUT2D eigenvalue weighted by atomic mass is 32.2. The van der Waals surface area contributed by atoms with Crippen molar-refractivity contribution in [2.75, 3.05) is 25.7 Å². The molecule has 0 aromatic heterocycles. The summed E-state index contributed by atoms with van der Waals surface area (Å²) >= 11 is 0. The number of carbonyl (C=O) groups is 1. The van der Waals surface area contributed by atoms with Gasteiger partial charge in [-0.1, -0.05) is 42.5 Å². The van der Waals surface area contributed by atoms with E-state index in [1.54, 1.807) is 14.2 Å². The maximum absolute atomic E-state index is 13.2. The lowest BCUT2D eigenvalue weighted by molar-refractivity contribution is -0.118. The van der Waals surface area contributed by atoms with E-state index in [4.69, 9.17) is 4.74 Å². The maximum Gasteiger partial charge on any atom is 0.235 e. The first kappa shape index (κ1) is 24.0. The molecule has 0 bridgehead atoms. The predicted molar refractivity (Wildman–Crippen MR) is 135 cm³/mol. The molecular formula is C27H30N2O4S. The van der Waals surface area contributed by atoms with Crippen LogP contribution in [0.3, 0.4) is 0 Å². The number of nitrogens with zero attached hydrogens (tertiary/aromatic N) is 1. The van der Waals surface area contributed by atoms with Crippen molar-refractivity contribution in [3.8, 4) is 16.9 Å². The van der Waals surface area contributed by atoms with Gasteiger partial charge in [-0.25, -0.2) is 12.7 Å². The summed E-state index contributed by atoms with van der Waals surface area (Å²) in [5.74, 6) is 0.781. The fourth-order valence-electron chi connectivity index (χ4n) is 4.11. The van der Waals surface area contributed by atoms with Crippen LogP contribution in [-0.2, 0) is 26.8 Å². The van der Waals surface area contributed by atoms with Gasteiger partial charge in [0, 0.05) is 19.3 Å². The Hall–Kier alpha value is -3.16. The first-order valence-corrected chi connectivity index (χ1v) is 13.0. The van der Waals surface area contributed by atoms with Crippen molar-refractivity contribution in [2.24, 2.45) is 0 Å². The van der Waals surface area contributed by atoms with Crippen molar-refractivity contribution < 1.29 is 17.9 Å². The summed E-state index contributed by atoms with van der Waals surface area (Å²) in [6, 6.07) is 21.5. The van der Waals surface area contributed by atoms with E-state index in [1.807, 2.05) is 73.7 Å². The van der Waals surface area contributed by atoms with Gasteiger partial charge in [0.2, 0.25) is 15.9 Å². The Kier molecular flexibility index (Phi) is 6.51. The number of benzene rings is 3. The molecule has 3 aromatic carbocycles. The van der Waals surface area contributed by atoms with Gasteiger partial charge in [0.1, 0.15) is 5.75 Å². The lowest BCUT2D eigenvalue weighted by Crippen LogP contribution is -2.27. The minimum atomic E-state index is -3.23. The van der Waals surface area contributed by atoms with Gasteiger partial charge in [0.25, 0.3) is 0 Å². The second-order valence-corrected chi connectivity index (χ2v) is 11.1. The SMILES string of the molecule is COc1ccc(C2(C(=O)Nc3ccc(C)c(-c4ccc(CN(C)S(C)(=O)=O)cc4)c3)CC2)cc1. The van der Waals surface area contributed by atoms with Crippen molar-refractivity contribution in [1.82, 2.24) is 4.31 Å². The Morgan fingerprint density at radius 3 is 2.24 bits per heavy atom. The molecule has 0 saturated heterocycles. The van der Waals surface area contributed by atoms with Gasteiger partial charge >= 0.3 is 0 Å². The molecular weight excluding hydrogens is 448 g/mol. The summed E-state index contributed by atoms with van der Waals surface area (Å²) in [4.78, 5) is 13.2. The summed E-state index contributed by atoms with van der Waals surface area (Å²) in [5.41, 5.74) is 5.32. The number of sulfonamides is 1. The Balaban J connectivity index is 1.51. The lowest BCUT2D eigenvalue weighted by atomic mass is 9.94. The van der Waals surface area contributed by atoms with Gasteiger partial charge < -0.3 is 10.1 Å². The number of nitrogens with one attached hydrogen (secondary N) is 1. The number of rotatable bonds is 8. The van der Waals surface area contributed by atoms with E-state index in [2.05, 4.69) is 5.32 Å². The van der Waals surface area contributed by atoms with Crippen molar-refractivity contribution in [3.63, 3.8) is 0 Å². The number of ether oxygens (including phenoxy) is 1. The highest BCUT2D eigenvalue weighted by Crippen LogP contribution is 2.49. The van der Waals surface area contributed by atoms with Crippen LogP contribution in [0, 0.1) is 6.92 Å². The Morgan fingerprint density at radius 2 is 1.68 bits per heavy atom. The van der Waals surface area contributed by atoms with Gasteiger partial charge in [-0.15, -0.1) is 0 Å². The number of carbonyl (C=O) groups excluding carboxylic acids is 1. The smallest absolute Gasteiger partial charge is 0.235 e. The van der Waals surface area contributed by atoms with E-state index < -0.39 is 15.4 Å². The van der Waals surface area contributed by atoms with E-state index in [-0.39, 0.29) is 5.91 Å². The Bertz CT molecular complexity index is 1300. The van der Waals surface area contributed by atoms with Gasteiger partial charge in [0.05, 0.1) is 18.8 Å². The van der Waals surface area contributed by atoms with Crippen LogP contribution < -0.4 is 10.1 Å². The van der Waals surface area contributed by atoms with Gasteiger partial charge in [-0.3, -0.25) is 4.79 Å².